The lowest BCUT2D eigenvalue weighted by Gasteiger charge is -2.36. The van der Waals surface area contributed by atoms with Crippen molar-refractivity contribution in [2.24, 2.45) is 0 Å². The highest BCUT2D eigenvalue weighted by Crippen LogP contribution is 2.31. The van der Waals surface area contributed by atoms with Crippen LogP contribution < -0.4 is 4.90 Å². The molecule has 0 atom stereocenters. The van der Waals surface area contributed by atoms with Gasteiger partial charge < -0.3 is 4.90 Å². The van der Waals surface area contributed by atoms with E-state index in [1.54, 1.807) is 15.2 Å². The number of piperazine rings is 1. The third-order valence-corrected chi connectivity index (χ3v) is 7.78. The summed E-state index contributed by atoms with van der Waals surface area (Å²) in [7, 11) is -3.68. The van der Waals surface area contributed by atoms with E-state index in [9.17, 15) is 8.42 Å². The molecule has 4 rings (SSSR count). The molecular formula is C23H27ClN4O2S. The number of benzene rings is 2. The van der Waals surface area contributed by atoms with Crippen molar-refractivity contribution in [1.82, 2.24) is 14.1 Å². The highest BCUT2D eigenvalue weighted by Gasteiger charge is 2.33. The summed E-state index contributed by atoms with van der Waals surface area (Å²) >= 11 is 6.18. The van der Waals surface area contributed by atoms with Gasteiger partial charge >= 0.3 is 0 Å². The van der Waals surface area contributed by atoms with Crippen LogP contribution in [0.4, 0.5) is 5.69 Å². The monoisotopic (exact) mass is 458 g/mol. The smallest absolute Gasteiger partial charge is 0.246 e. The Kier molecular flexibility index (Phi) is 6.10. The summed E-state index contributed by atoms with van der Waals surface area (Å²) in [6.45, 7) is 8.07. The van der Waals surface area contributed by atoms with E-state index in [-0.39, 0.29) is 10.9 Å². The first-order chi connectivity index (χ1) is 14.8. The lowest BCUT2D eigenvalue weighted by Crippen LogP contribution is -2.48. The Morgan fingerprint density at radius 1 is 1.00 bits per heavy atom. The Balaban J connectivity index is 1.62. The van der Waals surface area contributed by atoms with Gasteiger partial charge in [-0.2, -0.15) is 9.40 Å². The van der Waals surface area contributed by atoms with Crippen LogP contribution in [0.15, 0.2) is 59.6 Å². The zero-order valence-electron chi connectivity index (χ0n) is 18.0. The Hall–Kier alpha value is -2.35. The van der Waals surface area contributed by atoms with Crippen molar-refractivity contribution in [2.45, 2.75) is 31.7 Å². The Labute approximate surface area is 189 Å². The molecule has 2 aromatic carbocycles. The van der Waals surface area contributed by atoms with Gasteiger partial charge in [-0.3, -0.25) is 4.68 Å². The summed E-state index contributed by atoms with van der Waals surface area (Å²) in [5.41, 5.74) is 3.49. The third kappa shape index (κ3) is 4.35. The summed E-state index contributed by atoms with van der Waals surface area (Å²) < 4.78 is 30.5. The molecule has 1 saturated heterocycles. The van der Waals surface area contributed by atoms with Gasteiger partial charge in [0.05, 0.1) is 0 Å². The van der Waals surface area contributed by atoms with Crippen molar-refractivity contribution in [1.29, 1.82) is 0 Å². The van der Waals surface area contributed by atoms with Crippen LogP contribution in [0.3, 0.4) is 0 Å². The minimum Gasteiger partial charge on any atom is -0.369 e. The number of aromatic nitrogens is 2. The molecule has 2 heterocycles. The molecule has 0 spiro atoms. The quantitative estimate of drug-likeness (QED) is 0.560. The summed E-state index contributed by atoms with van der Waals surface area (Å²) in [6.07, 6.45) is 1.66. The van der Waals surface area contributed by atoms with Crippen molar-refractivity contribution in [3.05, 3.63) is 65.3 Å². The fourth-order valence-electron chi connectivity index (χ4n) is 3.86. The number of rotatable bonds is 5. The summed E-state index contributed by atoms with van der Waals surface area (Å²) in [4.78, 5) is 2.46. The average Bonchev–Trinajstić information content (AvgIpc) is 3.23. The molecule has 8 heteroatoms. The fourth-order valence-corrected chi connectivity index (χ4v) is 5.59. The maximum absolute atomic E-state index is 13.6. The molecule has 0 unspecified atom stereocenters. The summed E-state index contributed by atoms with van der Waals surface area (Å²) in [5.74, 6) is 0. The van der Waals surface area contributed by atoms with Crippen molar-refractivity contribution in [3.8, 4) is 11.3 Å². The van der Waals surface area contributed by atoms with E-state index in [4.69, 9.17) is 11.6 Å². The second-order valence-corrected chi connectivity index (χ2v) is 10.4. The standard InChI is InChI=1S/C23H27ClN4O2S/c1-17(2)28-16-22(23(25-28)19-7-5-4-6-8-19)31(29,30)27-13-11-26(12-14-27)21-15-20(24)10-9-18(21)3/h4-10,15-17H,11-14H2,1-3H3. The maximum atomic E-state index is 13.6. The Morgan fingerprint density at radius 2 is 1.68 bits per heavy atom. The van der Waals surface area contributed by atoms with Crippen LogP contribution in [0.25, 0.3) is 11.3 Å². The van der Waals surface area contributed by atoms with E-state index in [0.29, 0.717) is 36.9 Å². The molecule has 1 aliphatic heterocycles. The van der Waals surface area contributed by atoms with Gasteiger partial charge in [-0.25, -0.2) is 8.42 Å². The van der Waals surface area contributed by atoms with E-state index >= 15 is 0 Å². The largest absolute Gasteiger partial charge is 0.369 e. The number of halogens is 1. The SMILES string of the molecule is Cc1ccc(Cl)cc1N1CCN(S(=O)(=O)c2cn(C(C)C)nc2-c2ccccc2)CC1. The molecule has 0 bridgehead atoms. The van der Waals surface area contributed by atoms with Gasteiger partial charge in [-0.15, -0.1) is 0 Å². The number of anilines is 1. The topological polar surface area (TPSA) is 58.4 Å². The molecule has 1 aromatic heterocycles. The van der Waals surface area contributed by atoms with E-state index in [0.717, 1.165) is 16.8 Å². The van der Waals surface area contributed by atoms with Gasteiger partial charge in [-0.1, -0.05) is 48.0 Å². The lowest BCUT2D eigenvalue weighted by atomic mass is 10.1. The first-order valence-electron chi connectivity index (χ1n) is 10.4. The van der Waals surface area contributed by atoms with Crippen molar-refractivity contribution >= 4 is 27.3 Å². The van der Waals surface area contributed by atoms with Crippen LogP contribution >= 0.6 is 11.6 Å². The van der Waals surface area contributed by atoms with Gasteiger partial charge in [0, 0.05) is 54.7 Å². The Bertz CT molecular complexity index is 1170. The minimum absolute atomic E-state index is 0.0639. The predicted molar refractivity (Wildman–Crippen MR) is 125 cm³/mol. The zero-order chi connectivity index (χ0) is 22.2. The molecule has 31 heavy (non-hydrogen) atoms. The highest BCUT2D eigenvalue weighted by molar-refractivity contribution is 7.89. The molecular weight excluding hydrogens is 432 g/mol. The number of sulfonamides is 1. The number of aryl methyl sites for hydroxylation is 1. The molecule has 0 N–H and O–H groups in total. The Morgan fingerprint density at radius 3 is 2.32 bits per heavy atom. The van der Waals surface area contributed by atoms with Crippen LogP contribution in [0.2, 0.25) is 5.02 Å². The molecule has 0 aliphatic carbocycles. The molecule has 1 aliphatic rings. The molecule has 0 radical (unpaired) electrons. The second kappa shape index (κ2) is 8.65. The van der Waals surface area contributed by atoms with E-state index in [1.165, 1.54) is 0 Å². The van der Waals surface area contributed by atoms with Crippen LogP contribution in [0.5, 0.6) is 0 Å². The third-order valence-electron chi connectivity index (χ3n) is 5.64. The number of hydrogen-bond acceptors (Lipinski definition) is 4. The normalized spacial score (nSPS) is 15.6. The molecule has 6 nitrogen and oxygen atoms in total. The first kappa shape index (κ1) is 21.9. The average molecular weight is 459 g/mol. The van der Waals surface area contributed by atoms with Crippen molar-refractivity contribution in [3.63, 3.8) is 0 Å². The summed E-state index contributed by atoms with van der Waals surface area (Å²) in [6, 6.07) is 15.4. The molecule has 1 fully saturated rings. The highest BCUT2D eigenvalue weighted by atomic mass is 35.5. The van der Waals surface area contributed by atoms with Crippen LogP contribution in [-0.4, -0.2) is 48.7 Å². The number of hydrogen-bond donors (Lipinski definition) is 0. The van der Waals surface area contributed by atoms with Gasteiger partial charge in [0.2, 0.25) is 10.0 Å². The minimum atomic E-state index is -3.68. The van der Waals surface area contributed by atoms with E-state index in [2.05, 4.69) is 10.00 Å². The second-order valence-electron chi connectivity index (χ2n) is 8.10. The molecule has 3 aromatic rings. The van der Waals surface area contributed by atoms with Crippen molar-refractivity contribution in [2.75, 3.05) is 31.1 Å². The van der Waals surface area contributed by atoms with Gasteiger partial charge in [0.25, 0.3) is 0 Å². The molecule has 0 amide bonds. The van der Waals surface area contributed by atoms with E-state index in [1.807, 2.05) is 69.3 Å². The lowest BCUT2D eigenvalue weighted by molar-refractivity contribution is 0.384. The van der Waals surface area contributed by atoms with Crippen LogP contribution in [0.1, 0.15) is 25.5 Å². The van der Waals surface area contributed by atoms with Gasteiger partial charge in [0.1, 0.15) is 10.6 Å². The summed E-state index contributed by atoms with van der Waals surface area (Å²) in [5, 5.41) is 5.30. The van der Waals surface area contributed by atoms with E-state index < -0.39 is 10.0 Å². The van der Waals surface area contributed by atoms with Crippen LogP contribution in [-0.2, 0) is 10.0 Å². The molecule has 0 saturated carbocycles. The van der Waals surface area contributed by atoms with Gasteiger partial charge in [-0.05, 0) is 38.5 Å². The maximum Gasteiger partial charge on any atom is 0.246 e. The predicted octanol–water partition coefficient (Wildman–Crippen LogP) is 4.60. The fraction of sp³-hybridized carbons (Fsp3) is 0.348. The molecule has 164 valence electrons. The first-order valence-corrected chi connectivity index (χ1v) is 12.2. The number of nitrogens with zero attached hydrogens (tertiary/aromatic N) is 4. The van der Waals surface area contributed by atoms with Crippen molar-refractivity contribution < 1.29 is 8.42 Å². The van der Waals surface area contributed by atoms with Gasteiger partial charge in [0.15, 0.2) is 0 Å². The zero-order valence-corrected chi connectivity index (χ0v) is 19.6. The van der Waals surface area contributed by atoms with Crippen LogP contribution in [0, 0.1) is 6.92 Å².